The average molecular weight is 336 g/mol. The minimum atomic E-state index is -0.395. The average Bonchev–Trinajstić information content (AvgIpc) is 2.62. The fraction of sp³-hybridized carbons (Fsp3) is 0.105. The van der Waals surface area contributed by atoms with E-state index in [-0.39, 0.29) is 17.3 Å². The topological polar surface area (TPSA) is 58.1 Å². The fourth-order valence-electron chi connectivity index (χ4n) is 2.38. The molecule has 0 unspecified atom stereocenters. The van der Waals surface area contributed by atoms with Gasteiger partial charge in [-0.3, -0.25) is 4.79 Å². The first kappa shape index (κ1) is 16.6. The van der Waals surface area contributed by atoms with Crippen LogP contribution < -0.4 is 10.2 Å². The van der Waals surface area contributed by atoms with Crippen LogP contribution in [0.2, 0.25) is 0 Å². The van der Waals surface area contributed by atoms with E-state index in [1.807, 2.05) is 30.3 Å². The summed E-state index contributed by atoms with van der Waals surface area (Å²) in [5, 5.41) is 2.89. The standard InChI is InChI=1S/C19H17FN4O/c1-13-21-17(19(25)24(2)14-8-4-3-5-9-14)12-18(22-13)23-16-11-7-6-10-15(16)20/h3-12H,1-2H3,(H,21,22,23). The molecular weight excluding hydrogens is 319 g/mol. The number of para-hydroxylation sites is 2. The molecule has 5 nitrogen and oxygen atoms in total. The van der Waals surface area contributed by atoms with E-state index < -0.39 is 5.82 Å². The molecule has 1 aromatic heterocycles. The molecule has 0 aliphatic rings. The molecule has 3 rings (SSSR count). The van der Waals surface area contributed by atoms with Gasteiger partial charge in [-0.2, -0.15) is 0 Å². The molecule has 0 saturated heterocycles. The number of aryl methyl sites for hydroxylation is 1. The predicted molar refractivity (Wildman–Crippen MR) is 95.6 cm³/mol. The Morgan fingerprint density at radius 1 is 1.04 bits per heavy atom. The van der Waals surface area contributed by atoms with Gasteiger partial charge in [-0.15, -0.1) is 0 Å². The second-order valence-electron chi connectivity index (χ2n) is 5.49. The number of hydrogen-bond donors (Lipinski definition) is 1. The Hall–Kier alpha value is -3.28. The molecule has 0 bridgehead atoms. The minimum Gasteiger partial charge on any atom is -0.338 e. The van der Waals surface area contributed by atoms with Gasteiger partial charge in [0.05, 0.1) is 5.69 Å². The number of rotatable bonds is 4. The number of anilines is 3. The highest BCUT2D eigenvalue weighted by molar-refractivity contribution is 6.04. The van der Waals surface area contributed by atoms with Gasteiger partial charge in [0.1, 0.15) is 23.2 Å². The number of amides is 1. The van der Waals surface area contributed by atoms with Gasteiger partial charge < -0.3 is 10.2 Å². The van der Waals surface area contributed by atoms with Crippen molar-refractivity contribution < 1.29 is 9.18 Å². The molecular formula is C19H17FN4O. The summed E-state index contributed by atoms with van der Waals surface area (Å²) in [5.74, 6) is 0.120. The van der Waals surface area contributed by atoms with Crippen molar-refractivity contribution in [2.24, 2.45) is 0 Å². The summed E-state index contributed by atoms with van der Waals surface area (Å²) in [4.78, 5) is 22.6. The van der Waals surface area contributed by atoms with E-state index >= 15 is 0 Å². The number of nitrogens with one attached hydrogen (secondary N) is 1. The highest BCUT2D eigenvalue weighted by Crippen LogP contribution is 2.20. The highest BCUT2D eigenvalue weighted by atomic mass is 19.1. The van der Waals surface area contributed by atoms with E-state index in [2.05, 4.69) is 15.3 Å². The number of carbonyl (C=O) groups excluding carboxylic acids is 1. The van der Waals surface area contributed by atoms with Crippen molar-refractivity contribution in [1.82, 2.24) is 9.97 Å². The Balaban J connectivity index is 1.89. The highest BCUT2D eigenvalue weighted by Gasteiger charge is 2.17. The summed E-state index contributed by atoms with van der Waals surface area (Å²) in [7, 11) is 1.68. The van der Waals surface area contributed by atoms with Crippen LogP contribution in [0.15, 0.2) is 60.7 Å². The van der Waals surface area contributed by atoms with Gasteiger partial charge in [0, 0.05) is 18.8 Å². The van der Waals surface area contributed by atoms with Crippen LogP contribution in [-0.2, 0) is 0 Å². The lowest BCUT2D eigenvalue weighted by Gasteiger charge is -2.17. The molecule has 0 spiro atoms. The SMILES string of the molecule is Cc1nc(Nc2ccccc2F)cc(C(=O)N(C)c2ccccc2)n1. The van der Waals surface area contributed by atoms with Crippen molar-refractivity contribution in [3.8, 4) is 0 Å². The van der Waals surface area contributed by atoms with Gasteiger partial charge in [-0.05, 0) is 31.2 Å². The molecule has 1 heterocycles. The van der Waals surface area contributed by atoms with Gasteiger partial charge in [0.25, 0.3) is 5.91 Å². The Kier molecular flexibility index (Phi) is 4.70. The van der Waals surface area contributed by atoms with Crippen LogP contribution in [0.1, 0.15) is 16.3 Å². The normalized spacial score (nSPS) is 10.4. The maximum atomic E-state index is 13.8. The molecule has 1 N–H and O–H groups in total. The molecule has 2 aromatic carbocycles. The number of halogens is 1. The molecule has 6 heteroatoms. The zero-order valence-corrected chi connectivity index (χ0v) is 13.9. The van der Waals surface area contributed by atoms with Gasteiger partial charge in [0.2, 0.25) is 0 Å². The molecule has 126 valence electrons. The van der Waals surface area contributed by atoms with E-state index in [1.165, 1.54) is 17.0 Å². The van der Waals surface area contributed by atoms with E-state index in [9.17, 15) is 9.18 Å². The van der Waals surface area contributed by atoms with Crippen LogP contribution in [0.3, 0.4) is 0 Å². The first-order valence-electron chi connectivity index (χ1n) is 7.75. The summed E-state index contributed by atoms with van der Waals surface area (Å²) in [6, 6.07) is 17.1. The molecule has 0 fully saturated rings. The monoisotopic (exact) mass is 336 g/mol. The lowest BCUT2D eigenvalue weighted by molar-refractivity contribution is 0.0988. The second kappa shape index (κ2) is 7.09. The molecule has 0 aliphatic heterocycles. The maximum Gasteiger partial charge on any atom is 0.276 e. The largest absolute Gasteiger partial charge is 0.338 e. The maximum absolute atomic E-state index is 13.8. The lowest BCUT2D eigenvalue weighted by Crippen LogP contribution is -2.27. The van der Waals surface area contributed by atoms with Crippen molar-refractivity contribution in [3.05, 3.63) is 78.0 Å². The van der Waals surface area contributed by atoms with Crippen LogP contribution >= 0.6 is 0 Å². The third kappa shape index (κ3) is 3.80. The third-order valence-electron chi connectivity index (χ3n) is 3.64. The van der Waals surface area contributed by atoms with E-state index in [0.29, 0.717) is 11.6 Å². The summed E-state index contributed by atoms with van der Waals surface area (Å²) in [6.45, 7) is 1.69. The number of nitrogens with zero attached hydrogens (tertiary/aromatic N) is 3. The van der Waals surface area contributed by atoms with Crippen LogP contribution in [0.4, 0.5) is 21.6 Å². The molecule has 0 atom stereocenters. The van der Waals surface area contributed by atoms with E-state index in [0.717, 1.165) is 5.69 Å². The van der Waals surface area contributed by atoms with E-state index in [4.69, 9.17) is 0 Å². The quantitative estimate of drug-likeness (QED) is 0.784. The zero-order chi connectivity index (χ0) is 17.8. The number of carbonyl (C=O) groups is 1. The Morgan fingerprint density at radius 3 is 2.44 bits per heavy atom. The van der Waals surface area contributed by atoms with E-state index in [1.54, 1.807) is 32.2 Å². The summed E-state index contributed by atoms with van der Waals surface area (Å²) >= 11 is 0. The van der Waals surface area contributed by atoms with Crippen LogP contribution in [0.25, 0.3) is 0 Å². The first-order chi connectivity index (χ1) is 12.0. The third-order valence-corrected chi connectivity index (χ3v) is 3.64. The van der Waals surface area contributed by atoms with Crippen LogP contribution in [0.5, 0.6) is 0 Å². The van der Waals surface area contributed by atoms with Crippen LogP contribution in [-0.4, -0.2) is 22.9 Å². The minimum absolute atomic E-state index is 0.234. The van der Waals surface area contributed by atoms with Gasteiger partial charge in [-0.25, -0.2) is 14.4 Å². The summed E-state index contributed by atoms with van der Waals surface area (Å²) < 4.78 is 13.8. The molecule has 25 heavy (non-hydrogen) atoms. The number of aromatic nitrogens is 2. The molecule has 1 amide bonds. The lowest BCUT2D eigenvalue weighted by atomic mass is 10.2. The number of benzene rings is 2. The van der Waals surface area contributed by atoms with Crippen molar-refractivity contribution in [2.45, 2.75) is 6.92 Å². The molecule has 3 aromatic rings. The van der Waals surface area contributed by atoms with Crippen molar-refractivity contribution in [2.75, 3.05) is 17.3 Å². The van der Waals surface area contributed by atoms with Crippen molar-refractivity contribution in [1.29, 1.82) is 0 Å². The van der Waals surface area contributed by atoms with Gasteiger partial charge in [0.15, 0.2) is 0 Å². The van der Waals surface area contributed by atoms with Crippen LogP contribution in [0, 0.1) is 12.7 Å². The number of hydrogen-bond acceptors (Lipinski definition) is 4. The molecule has 0 saturated carbocycles. The predicted octanol–water partition coefficient (Wildman–Crippen LogP) is 3.94. The smallest absolute Gasteiger partial charge is 0.276 e. The zero-order valence-electron chi connectivity index (χ0n) is 13.9. The molecule has 0 radical (unpaired) electrons. The Bertz CT molecular complexity index is 899. The van der Waals surface area contributed by atoms with Crippen molar-refractivity contribution in [3.63, 3.8) is 0 Å². The van der Waals surface area contributed by atoms with Gasteiger partial charge in [-0.1, -0.05) is 30.3 Å². The fourth-order valence-corrected chi connectivity index (χ4v) is 2.38. The molecule has 0 aliphatic carbocycles. The van der Waals surface area contributed by atoms with Gasteiger partial charge >= 0.3 is 0 Å². The Labute approximate surface area is 145 Å². The summed E-state index contributed by atoms with van der Waals surface area (Å²) in [5.41, 5.74) is 1.28. The summed E-state index contributed by atoms with van der Waals surface area (Å²) in [6.07, 6.45) is 0. The second-order valence-corrected chi connectivity index (χ2v) is 5.49. The Morgan fingerprint density at radius 2 is 1.72 bits per heavy atom. The van der Waals surface area contributed by atoms with Crippen molar-refractivity contribution >= 4 is 23.1 Å². The first-order valence-corrected chi connectivity index (χ1v) is 7.75.